The van der Waals surface area contributed by atoms with Crippen molar-refractivity contribution >= 4 is 16.8 Å². The van der Waals surface area contributed by atoms with Gasteiger partial charge in [0.25, 0.3) is 0 Å². The maximum atomic E-state index is 12.5. The lowest BCUT2D eigenvalue weighted by Gasteiger charge is -2.16. The van der Waals surface area contributed by atoms with Crippen LogP contribution in [0.25, 0.3) is 10.9 Å². The molecule has 2 aromatic heterocycles. The van der Waals surface area contributed by atoms with Gasteiger partial charge in [0.15, 0.2) is 0 Å². The summed E-state index contributed by atoms with van der Waals surface area (Å²) in [6, 6.07) is 9.78. The maximum Gasteiger partial charge on any atom is 0.223 e. The molecule has 1 fully saturated rings. The second-order valence-corrected chi connectivity index (χ2v) is 6.35. The van der Waals surface area contributed by atoms with Gasteiger partial charge in [0.1, 0.15) is 0 Å². The molecule has 25 heavy (non-hydrogen) atoms. The van der Waals surface area contributed by atoms with E-state index in [9.17, 15) is 9.90 Å². The number of carbonyl (C=O) groups excluding carboxylic acids is 1. The van der Waals surface area contributed by atoms with Gasteiger partial charge in [0.05, 0.1) is 23.9 Å². The normalized spacial score (nSPS) is 20.3. The number of carbonyl (C=O) groups is 1. The lowest BCUT2D eigenvalue weighted by atomic mass is 10.1. The molecule has 1 aliphatic rings. The van der Waals surface area contributed by atoms with Gasteiger partial charge in [0.2, 0.25) is 5.91 Å². The highest BCUT2D eigenvalue weighted by Crippen LogP contribution is 2.22. The minimum atomic E-state index is -0.618. The zero-order valence-electron chi connectivity index (χ0n) is 13.7. The van der Waals surface area contributed by atoms with Crippen LogP contribution in [0.2, 0.25) is 0 Å². The summed E-state index contributed by atoms with van der Waals surface area (Å²) in [5.74, 6) is 0.0369. The van der Waals surface area contributed by atoms with Crippen molar-refractivity contribution in [2.24, 2.45) is 0 Å². The molecule has 1 aromatic carbocycles. The third-order valence-electron chi connectivity index (χ3n) is 4.67. The Labute approximate surface area is 144 Å². The number of hydrogen-bond donors (Lipinski definition) is 1. The smallest absolute Gasteiger partial charge is 0.223 e. The van der Waals surface area contributed by atoms with Crippen LogP contribution in [0, 0.1) is 0 Å². The summed E-state index contributed by atoms with van der Waals surface area (Å²) in [7, 11) is 0. The van der Waals surface area contributed by atoms with Crippen molar-refractivity contribution in [3.63, 3.8) is 0 Å². The first-order valence-electron chi connectivity index (χ1n) is 8.36. The summed E-state index contributed by atoms with van der Waals surface area (Å²) in [5, 5.41) is 19.0. The fourth-order valence-electron chi connectivity index (χ4n) is 3.29. The van der Waals surface area contributed by atoms with Gasteiger partial charge in [-0.05, 0) is 24.1 Å². The zero-order chi connectivity index (χ0) is 17.2. The van der Waals surface area contributed by atoms with Crippen LogP contribution >= 0.6 is 0 Å². The van der Waals surface area contributed by atoms with E-state index in [1.165, 1.54) is 0 Å². The first kappa shape index (κ1) is 15.7. The van der Waals surface area contributed by atoms with Crippen LogP contribution in [-0.2, 0) is 11.2 Å². The van der Waals surface area contributed by atoms with E-state index in [1.54, 1.807) is 22.0 Å². The molecule has 3 heterocycles. The topological polar surface area (TPSA) is 84.1 Å². The lowest BCUT2D eigenvalue weighted by Crippen LogP contribution is -2.29. The number of likely N-dealkylation sites (tertiary alicyclic amines) is 1. The minimum Gasteiger partial charge on any atom is -0.389 e. The Kier molecular flexibility index (Phi) is 4.15. The number of rotatable bonds is 4. The van der Waals surface area contributed by atoms with Gasteiger partial charge in [0, 0.05) is 37.3 Å². The van der Waals surface area contributed by atoms with E-state index in [-0.39, 0.29) is 11.9 Å². The molecule has 0 aliphatic carbocycles. The first-order valence-corrected chi connectivity index (χ1v) is 8.36. The van der Waals surface area contributed by atoms with Crippen molar-refractivity contribution in [2.45, 2.75) is 25.0 Å². The SMILES string of the molecule is O=C(CCc1cnc2ccccc2c1)N1C[C@@H](O)[C@H](n2ccnn2)C1. The fourth-order valence-corrected chi connectivity index (χ4v) is 3.29. The largest absolute Gasteiger partial charge is 0.389 e. The van der Waals surface area contributed by atoms with Gasteiger partial charge >= 0.3 is 0 Å². The van der Waals surface area contributed by atoms with Crippen molar-refractivity contribution < 1.29 is 9.90 Å². The van der Waals surface area contributed by atoms with E-state index < -0.39 is 6.10 Å². The average Bonchev–Trinajstić information content (AvgIpc) is 3.29. The summed E-state index contributed by atoms with van der Waals surface area (Å²) in [6.45, 7) is 0.790. The quantitative estimate of drug-likeness (QED) is 0.773. The third kappa shape index (κ3) is 3.23. The van der Waals surface area contributed by atoms with Gasteiger partial charge in [-0.2, -0.15) is 0 Å². The summed E-state index contributed by atoms with van der Waals surface area (Å²) < 4.78 is 1.62. The van der Waals surface area contributed by atoms with Gasteiger partial charge in [-0.25, -0.2) is 4.68 Å². The Hall–Kier alpha value is -2.80. The predicted molar refractivity (Wildman–Crippen MR) is 91.7 cm³/mol. The van der Waals surface area contributed by atoms with E-state index in [1.807, 2.05) is 30.5 Å². The van der Waals surface area contributed by atoms with Gasteiger partial charge in [-0.1, -0.05) is 23.4 Å². The number of aromatic nitrogens is 4. The fraction of sp³-hybridized carbons (Fsp3) is 0.333. The molecule has 7 heteroatoms. The number of aliphatic hydroxyl groups excluding tert-OH is 1. The summed E-state index contributed by atoms with van der Waals surface area (Å²) in [4.78, 5) is 18.6. The van der Waals surface area contributed by atoms with Gasteiger partial charge in [-0.15, -0.1) is 5.10 Å². The second-order valence-electron chi connectivity index (χ2n) is 6.35. The van der Waals surface area contributed by atoms with Crippen molar-refractivity contribution in [1.82, 2.24) is 24.9 Å². The number of nitrogens with zero attached hydrogens (tertiary/aromatic N) is 5. The van der Waals surface area contributed by atoms with Crippen molar-refractivity contribution in [3.8, 4) is 0 Å². The number of fused-ring (bicyclic) bond motifs is 1. The van der Waals surface area contributed by atoms with Crippen LogP contribution < -0.4 is 0 Å². The Morgan fingerprint density at radius 1 is 1.28 bits per heavy atom. The number of β-amino-alcohol motifs (C(OH)–C–C–N with tert-alkyl or cyclic N) is 1. The van der Waals surface area contributed by atoms with E-state index in [2.05, 4.69) is 21.4 Å². The molecular weight excluding hydrogens is 318 g/mol. The molecule has 128 valence electrons. The Balaban J connectivity index is 1.38. The van der Waals surface area contributed by atoms with Crippen LogP contribution in [0.4, 0.5) is 0 Å². The van der Waals surface area contributed by atoms with Gasteiger partial charge < -0.3 is 10.0 Å². The molecule has 4 rings (SSSR count). The van der Waals surface area contributed by atoms with E-state index in [0.717, 1.165) is 16.5 Å². The number of para-hydroxylation sites is 1. The molecule has 1 N–H and O–H groups in total. The van der Waals surface area contributed by atoms with Gasteiger partial charge in [-0.3, -0.25) is 9.78 Å². The van der Waals surface area contributed by atoms with Crippen molar-refractivity contribution in [3.05, 3.63) is 54.5 Å². The molecular formula is C18H19N5O2. The van der Waals surface area contributed by atoms with Crippen LogP contribution in [0.3, 0.4) is 0 Å². The van der Waals surface area contributed by atoms with Crippen LogP contribution in [0.5, 0.6) is 0 Å². The molecule has 2 atom stereocenters. The molecule has 1 saturated heterocycles. The molecule has 0 radical (unpaired) electrons. The first-order chi connectivity index (χ1) is 12.2. The summed E-state index contributed by atoms with van der Waals surface area (Å²) >= 11 is 0. The minimum absolute atomic E-state index is 0.0369. The number of benzene rings is 1. The zero-order valence-corrected chi connectivity index (χ0v) is 13.7. The summed E-state index contributed by atoms with van der Waals surface area (Å²) in [5.41, 5.74) is 2.00. The molecule has 1 amide bonds. The molecule has 1 aliphatic heterocycles. The highest BCUT2D eigenvalue weighted by molar-refractivity contribution is 5.79. The molecule has 0 saturated carbocycles. The average molecular weight is 337 g/mol. The van der Waals surface area contributed by atoms with Crippen molar-refractivity contribution in [1.29, 1.82) is 0 Å². The molecule has 7 nitrogen and oxygen atoms in total. The van der Waals surface area contributed by atoms with Crippen LogP contribution in [0.15, 0.2) is 48.9 Å². The third-order valence-corrected chi connectivity index (χ3v) is 4.67. The van der Waals surface area contributed by atoms with Crippen LogP contribution in [-0.4, -0.2) is 55.1 Å². The number of hydrogen-bond acceptors (Lipinski definition) is 5. The lowest BCUT2D eigenvalue weighted by molar-refractivity contribution is -0.130. The number of amides is 1. The molecule has 0 unspecified atom stereocenters. The van der Waals surface area contributed by atoms with E-state index >= 15 is 0 Å². The monoisotopic (exact) mass is 337 g/mol. The molecule has 0 bridgehead atoms. The second kappa shape index (κ2) is 6.60. The van der Waals surface area contributed by atoms with E-state index in [4.69, 9.17) is 0 Å². The maximum absolute atomic E-state index is 12.5. The molecule has 3 aromatic rings. The number of pyridine rings is 1. The Bertz CT molecular complexity index is 880. The molecule has 0 spiro atoms. The van der Waals surface area contributed by atoms with E-state index in [0.29, 0.717) is 25.9 Å². The Morgan fingerprint density at radius 2 is 2.16 bits per heavy atom. The Morgan fingerprint density at radius 3 is 3.00 bits per heavy atom. The summed E-state index contributed by atoms with van der Waals surface area (Å²) in [6.07, 6.45) is 5.53. The number of aryl methyl sites for hydroxylation is 1. The highest BCUT2D eigenvalue weighted by Gasteiger charge is 2.35. The highest BCUT2D eigenvalue weighted by atomic mass is 16.3. The predicted octanol–water partition coefficient (Wildman–Crippen LogP) is 1.20. The standard InChI is InChI=1S/C18H19N5O2/c24-17-12-22(11-16(17)23-8-7-20-21-23)18(25)6-5-13-9-14-3-1-2-4-15(14)19-10-13/h1-4,7-10,16-17,24H,5-6,11-12H2/t16-,17-/m1/s1. The van der Waals surface area contributed by atoms with Crippen LogP contribution in [0.1, 0.15) is 18.0 Å². The number of aliphatic hydroxyl groups is 1. The van der Waals surface area contributed by atoms with Crippen molar-refractivity contribution in [2.75, 3.05) is 13.1 Å².